The first kappa shape index (κ1) is 26.2. The highest BCUT2D eigenvalue weighted by molar-refractivity contribution is 7.98. The summed E-state index contributed by atoms with van der Waals surface area (Å²) < 4.78 is 14.7. The van der Waals surface area contributed by atoms with Crippen LogP contribution in [0, 0.1) is 0 Å². The van der Waals surface area contributed by atoms with Gasteiger partial charge in [-0.2, -0.15) is 0 Å². The number of methoxy groups -OCH3 is 2. The zero-order valence-electron chi connectivity index (χ0n) is 20.1. The van der Waals surface area contributed by atoms with E-state index in [9.17, 15) is 10.2 Å². The van der Waals surface area contributed by atoms with Crippen LogP contribution >= 0.6 is 43.8 Å². The maximum absolute atomic E-state index is 11.3. The molecule has 182 valence electrons. The molecule has 0 aliphatic rings. The Labute approximate surface area is 211 Å². The quantitative estimate of drug-likeness (QED) is 0.274. The van der Waals surface area contributed by atoms with E-state index in [1.165, 1.54) is 27.2 Å². The molecule has 0 aliphatic heterocycles. The first-order valence-electron chi connectivity index (χ1n) is 10.5. The van der Waals surface area contributed by atoms with Crippen molar-refractivity contribution in [3.8, 4) is 23.0 Å². The molecule has 1 heterocycles. The fraction of sp³-hybridized carbons (Fsp3) is 0.478. The summed E-state index contributed by atoms with van der Waals surface area (Å²) in [5, 5.41) is 22.3. The third-order valence-corrected chi connectivity index (χ3v) is 10.2. The van der Waals surface area contributed by atoms with E-state index in [0.717, 1.165) is 55.2 Å². The number of likely N-dealkylation sites (N-methyl/N-ethyl adjacent to an activating group) is 2. The molecule has 2 N–H and O–H groups in total. The number of hydrogen-bond donors (Lipinski definition) is 2. The lowest BCUT2D eigenvalue weighted by Gasteiger charge is -2.17. The first-order chi connectivity index (χ1) is 15.7. The minimum Gasteiger partial charge on any atom is -0.503 e. The van der Waals surface area contributed by atoms with Crippen molar-refractivity contribution in [2.24, 2.45) is 0 Å². The van der Waals surface area contributed by atoms with Crippen LogP contribution in [-0.4, -0.2) is 81.8 Å². The molecule has 0 aliphatic carbocycles. The van der Waals surface area contributed by atoms with Crippen LogP contribution in [0.25, 0.3) is 18.8 Å². The minimum atomic E-state index is 0.144. The molecule has 0 bridgehead atoms. The maximum Gasteiger partial charge on any atom is 0.178 e. The van der Waals surface area contributed by atoms with Crippen molar-refractivity contribution >= 4 is 62.6 Å². The number of phenolic OH excluding ortho intramolecular Hbond substituents is 2. The number of rotatable bonds is 9. The zero-order chi connectivity index (χ0) is 24.3. The minimum absolute atomic E-state index is 0.144. The lowest BCUT2D eigenvalue weighted by molar-refractivity contribution is 0.366. The van der Waals surface area contributed by atoms with Crippen LogP contribution in [0.3, 0.4) is 0 Å². The summed E-state index contributed by atoms with van der Waals surface area (Å²) >= 11 is 3.10. The number of thioether (sulfide) groups is 1. The Hall–Kier alpha value is -1.43. The second-order valence-corrected chi connectivity index (χ2v) is 12.2. The van der Waals surface area contributed by atoms with Gasteiger partial charge in [0.05, 0.1) is 33.2 Å². The van der Waals surface area contributed by atoms with E-state index >= 15 is 0 Å². The first-order valence-corrected chi connectivity index (χ1v) is 14.7. The van der Waals surface area contributed by atoms with E-state index in [2.05, 4.69) is 23.9 Å². The monoisotopic (exact) mass is 528 g/mol. The Kier molecular flexibility index (Phi) is 8.99. The van der Waals surface area contributed by atoms with Gasteiger partial charge in [-0.1, -0.05) is 20.7 Å². The van der Waals surface area contributed by atoms with Crippen molar-refractivity contribution in [2.75, 3.05) is 61.8 Å². The van der Waals surface area contributed by atoms with Crippen molar-refractivity contribution in [3.63, 3.8) is 0 Å². The third-order valence-electron chi connectivity index (χ3n) is 5.32. The van der Waals surface area contributed by atoms with Crippen molar-refractivity contribution in [1.82, 2.24) is 9.80 Å². The van der Waals surface area contributed by atoms with Gasteiger partial charge in [-0.3, -0.25) is 0 Å². The summed E-state index contributed by atoms with van der Waals surface area (Å²) in [5.74, 6) is 1.29. The average Bonchev–Trinajstić information content (AvgIpc) is 2.98. The Bertz CT molecular complexity index is 1180. The highest BCUT2D eigenvalue weighted by atomic mass is 32.9. The topological polar surface area (TPSA) is 65.4 Å². The zero-order valence-corrected chi connectivity index (χ0v) is 23.4. The SMILES string of the molecule is COc1cc(CCN(C)C)c2sc3c(O)c(OC)c(SC)c(CCN(C)C)c3ssc2c1O. The Balaban J connectivity index is 2.45. The summed E-state index contributed by atoms with van der Waals surface area (Å²) in [5.41, 5.74) is 2.25. The van der Waals surface area contributed by atoms with Crippen LogP contribution in [0.4, 0.5) is 0 Å². The van der Waals surface area contributed by atoms with Crippen LogP contribution in [-0.2, 0) is 12.8 Å². The summed E-state index contributed by atoms with van der Waals surface area (Å²) in [6.45, 7) is 1.74. The fourth-order valence-electron chi connectivity index (χ4n) is 3.56. The number of ether oxygens (including phenoxy) is 2. The molecule has 0 atom stereocenters. The lowest BCUT2D eigenvalue weighted by atomic mass is 10.1. The Morgan fingerprint density at radius 3 is 2.06 bits per heavy atom. The van der Waals surface area contributed by atoms with Crippen molar-refractivity contribution in [1.29, 1.82) is 0 Å². The molecular formula is C23H32N2O4S4. The Morgan fingerprint density at radius 2 is 1.48 bits per heavy atom. The molecule has 2 aromatic carbocycles. The van der Waals surface area contributed by atoms with E-state index in [1.807, 2.05) is 26.4 Å². The van der Waals surface area contributed by atoms with E-state index < -0.39 is 0 Å². The standard InChI is InChI=1S/C23H32N2O4S4/c1-24(2)10-8-13-12-15(28-5)16(26)23-19(13)31-22-17(27)18(29-6)20(30-7)14(9-11-25(3)4)21(22)32-33-23/h12,26-27H,8-11H2,1-7H3. The number of fused-ring (bicyclic) bond motifs is 2. The average molecular weight is 529 g/mol. The lowest BCUT2D eigenvalue weighted by Crippen LogP contribution is -2.15. The molecule has 3 rings (SSSR count). The molecule has 0 saturated carbocycles. The molecule has 1 aromatic heterocycles. The molecule has 0 fully saturated rings. The summed E-state index contributed by atoms with van der Waals surface area (Å²) in [7, 11) is 14.5. The summed E-state index contributed by atoms with van der Waals surface area (Å²) in [6.07, 6.45) is 3.64. The van der Waals surface area contributed by atoms with Gasteiger partial charge < -0.3 is 29.5 Å². The van der Waals surface area contributed by atoms with Gasteiger partial charge in [0.25, 0.3) is 0 Å². The maximum atomic E-state index is 11.3. The molecule has 0 spiro atoms. The molecule has 0 saturated heterocycles. The van der Waals surface area contributed by atoms with Crippen LogP contribution < -0.4 is 9.47 Å². The van der Waals surface area contributed by atoms with E-state index in [-0.39, 0.29) is 11.5 Å². The van der Waals surface area contributed by atoms with E-state index in [4.69, 9.17) is 9.47 Å². The van der Waals surface area contributed by atoms with Gasteiger partial charge in [-0.25, -0.2) is 0 Å². The number of nitrogens with zero attached hydrogens (tertiary/aromatic N) is 2. The summed E-state index contributed by atoms with van der Waals surface area (Å²) in [6, 6.07) is 1.92. The van der Waals surface area contributed by atoms with Gasteiger partial charge >= 0.3 is 0 Å². The predicted octanol–water partition coefficient (Wildman–Crippen LogP) is 5.66. The largest absolute Gasteiger partial charge is 0.503 e. The molecule has 0 amide bonds. The van der Waals surface area contributed by atoms with Gasteiger partial charge in [0.1, 0.15) is 4.70 Å². The predicted molar refractivity (Wildman–Crippen MR) is 145 cm³/mol. The highest BCUT2D eigenvalue weighted by Crippen LogP contribution is 2.51. The third kappa shape index (κ3) is 5.47. The fourth-order valence-corrected chi connectivity index (χ4v) is 8.92. The van der Waals surface area contributed by atoms with Crippen molar-refractivity contribution in [3.05, 3.63) is 17.2 Å². The smallest absolute Gasteiger partial charge is 0.178 e. The number of phenols is 2. The van der Waals surface area contributed by atoms with Gasteiger partial charge in [0.15, 0.2) is 23.0 Å². The number of hydrogen-bond acceptors (Lipinski definition) is 10. The number of aromatic hydroxyl groups is 2. The second-order valence-electron chi connectivity index (χ2n) is 8.17. The second kappa shape index (κ2) is 11.3. The molecule has 0 radical (unpaired) electrons. The molecule has 6 nitrogen and oxygen atoms in total. The van der Waals surface area contributed by atoms with Crippen LogP contribution in [0.15, 0.2) is 11.0 Å². The normalized spacial score (nSPS) is 11.7. The molecule has 33 heavy (non-hydrogen) atoms. The molecule has 3 aromatic rings. The van der Waals surface area contributed by atoms with E-state index in [0.29, 0.717) is 11.5 Å². The van der Waals surface area contributed by atoms with Gasteiger partial charge in [-0.15, -0.1) is 23.1 Å². The van der Waals surface area contributed by atoms with Gasteiger partial charge in [0, 0.05) is 13.1 Å². The van der Waals surface area contributed by atoms with E-state index in [1.54, 1.807) is 36.3 Å². The summed E-state index contributed by atoms with van der Waals surface area (Å²) in [4.78, 5) is 5.25. The molecule has 10 heteroatoms. The van der Waals surface area contributed by atoms with Crippen LogP contribution in [0.5, 0.6) is 23.0 Å². The van der Waals surface area contributed by atoms with Crippen LogP contribution in [0.2, 0.25) is 0 Å². The Morgan fingerprint density at radius 1 is 0.848 bits per heavy atom. The molecular weight excluding hydrogens is 497 g/mol. The van der Waals surface area contributed by atoms with Crippen molar-refractivity contribution in [2.45, 2.75) is 17.7 Å². The number of benzene rings is 2. The van der Waals surface area contributed by atoms with Crippen molar-refractivity contribution < 1.29 is 19.7 Å². The van der Waals surface area contributed by atoms with Gasteiger partial charge in [-0.05, 0) is 64.5 Å². The van der Waals surface area contributed by atoms with Crippen LogP contribution in [0.1, 0.15) is 11.1 Å². The highest BCUT2D eigenvalue weighted by Gasteiger charge is 2.22. The van der Waals surface area contributed by atoms with Gasteiger partial charge in [0.2, 0.25) is 0 Å². The molecule has 0 unspecified atom stereocenters.